The lowest BCUT2D eigenvalue weighted by molar-refractivity contribution is 0.321. The van der Waals surface area contributed by atoms with Crippen LogP contribution >= 0.6 is 0 Å². The van der Waals surface area contributed by atoms with Crippen LogP contribution < -0.4 is 25.3 Å². The minimum absolute atomic E-state index is 0.236. The molecule has 0 heterocycles. The fraction of sp³-hybridized carbons (Fsp3) is 0.316. The number of methoxy groups -OCH3 is 2. The average Bonchev–Trinajstić information content (AvgIpc) is 2.66. The summed E-state index contributed by atoms with van der Waals surface area (Å²) in [6.07, 6.45) is 0. The van der Waals surface area contributed by atoms with Crippen LogP contribution in [0.25, 0.3) is 0 Å². The number of hydrogen-bond acceptors (Lipinski definition) is 4. The van der Waals surface area contributed by atoms with E-state index < -0.39 is 5.82 Å². The Balaban J connectivity index is 1.93. The number of hydrogen-bond donors (Lipinski definition) is 2. The molecule has 0 fully saturated rings. The third-order valence-electron chi connectivity index (χ3n) is 3.65. The third-order valence-corrected chi connectivity index (χ3v) is 3.65. The summed E-state index contributed by atoms with van der Waals surface area (Å²) in [4.78, 5) is 4.22. The van der Waals surface area contributed by atoms with Crippen molar-refractivity contribution in [2.45, 2.75) is 20.0 Å². The molecular formula is C19H24FN3O3. The molecule has 2 aromatic carbocycles. The maximum Gasteiger partial charge on any atom is 0.189 e. The van der Waals surface area contributed by atoms with E-state index in [2.05, 4.69) is 10.3 Å². The summed E-state index contributed by atoms with van der Waals surface area (Å²) >= 11 is 0. The minimum atomic E-state index is -0.406. The molecule has 0 spiro atoms. The first kappa shape index (κ1) is 19.4. The van der Waals surface area contributed by atoms with Crippen molar-refractivity contribution in [1.82, 2.24) is 5.32 Å². The number of aliphatic imine (C=N–C) groups is 1. The molecule has 0 aliphatic carbocycles. The summed E-state index contributed by atoms with van der Waals surface area (Å²) in [6, 6.07) is 10.3. The normalized spacial score (nSPS) is 11.2. The molecule has 0 amide bonds. The lowest BCUT2D eigenvalue weighted by Crippen LogP contribution is -2.31. The van der Waals surface area contributed by atoms with Gasteiger partial charge in [0.15, 0.2) is 29.0 Å². The topological polar surface area (TPSA) is 78.1 Å². The highest BCUT2D eigenvalue weighted by Crippen LogP contribution is 2.27. The summed E-state index contributed by atoms with van der Waals surface area (Å²) in [7, 11) is 3.17. The molecular weight excluding hydrogens is 337 g/mol. The van der Waals surface area contributed by atoms with Crippen LogP contribution in [0.15, 0.2) is 41.4 Å². The molecule has 2 aromatic rings. The van der Waals surface area contributed by atoms with Gasteiger partial charge < -0.3 is 25.3 Å². The van der Waals surface area contributed by atoms with Gasteiger partial charge in [-0.05, 0) is 42.3 Å². The predicted molar refractivity (Wildman–Crippen MR) is 99.3 cm³/mol. The number of benzene rings is 2. The SMILES string of the molecule is CCOc1ccc(CN=C(N)NCc2ccc(OC)c(OC)c2)cc1F. The number of halogens is 1. The predicted octanol–water partition coefficient (Wildman–Crippen LogP) is 2.85. The molecule has 0 unspecified atom stereocenters. The number of ether oxygens (including phenoxy) is 3. The molecule has 26 heavy (non-hydrogen) atoms. The average molecular weight is 361 g/mol. The van der Waals surface area contributed by atoms with Gasteiger partial charge in [0.25, 0.3) is 0 Å². The van der Waals surface area contributed by atoms with E-state index in [1.165, 1.54) is 6.07 Å². The molecule has 6 nitrogen and oxygen atoms in total. The minimum Gasteiger partial charge on any atom is -0.493 e. The lowest BCUT2D eigenvalue weighted by atomic mass is 10.2. The smallest absolute Gasteiger partial charge is 0.189 e. The van der Waals surface area contributed by atoms with E-state index in [1.54, 1.807) is 26.4 Å². The van der Waals surface area contributed by atoms with E-state index >= 15 is 0 Å². The van der Waals surface area contributed by atoms with Gasteiger partial charge in [0.2, 0.25) is 0 Å². The quantitative estimate of drug-likeness (QED) is 0.558. The van der Waals surface area contributed by atoms with Gasteiger partial charge >= 0.3 is 0 Å². The number of nitrogens with two attached hydrogens (primary N) is 1. The molecule has 2 rings (SSSR count). The van der Waals surface area contributed by atoms with Crippen molar-refractivity contribution in [2.75, 3.05) is 20.8 Å². The number of guanidine groups is 1. The third kappa shape index (κ3) is 5.27. The van der Waals surface area contributed by atoms with Gasteiger partial charge in [-0.25, -0.2) is 9.38 Å². The Morgan fingerprint density at radius 2 is 1.73 bits per heavy atom. The first-order valence-corrected chi connectivity index (χ1v) is 8.23. The Morgan fingerprint density at radius 1 is 1.04 bits per heavy atom. The van der Waals surface area contributed by atoms with Gasteiger partial charge in [0, 0.05) is 6.54 Å². The van der Waals surface area contributed by atoms with Crippen molar-refractivity contribution in [3.8, 4) is 17.2 Å². The van der Waals surface area contributed by atoms with Crippen molar-refractivity contribution in [3.63, 3.8) is 0 Å². The van der Waals surface area contributed by atoms with E-state index in [9.17, 15) is 4.39 Å². The second kappa shape index (κ2) is 9.50. The van der Waals surface area contributed by atoms with Crippen molar-refractivity contribution >= 4 is 5.96 Å². The Labute approximate surface area is 152 Å². The maximum atomic E-state index is 13.8. The Bertz CT molecular complexity index is 766. The summed E-state index contributed by atoms with van der Waals surface area (Å²) in [6.45, 7) is 2.98. The van der Waals surface area contributed by atoms with Crippen molar-refractivity contribution < 1.29 is 18.6 Å². The highest BCUT2D eigenvalue weighted by molar-refractivity contribution is 5.77. The van der Waals surface area contributed by atoms with Gasteiger partial charge in [-0.15, -0.1) is 0 Å². The van der Waals surface area contributed by atoms with Crippen molar-refractivity contribution in [1.29, 1.82) is 0 Å². The maximum absolute atomic E-state index is 13.8. The molecule has 3 N–H and O–H groups in total. The van der Waals surface area contributed by atoms with E-state index in [-0.39, 0.29) is 18.3 Å². The second-order valence-corrected chi connectivity index (χ2v) is 5.44. The standard InChI is InChI=1S/C19H24FN3O3/c1-4-26-16-7-5-13(9-15(16)20)11-22-19(21)23-12-14-6-8-17(24-2)18(10-14)25-3/h5-10H,4,11-12H2,1-3H3,(H3,21,22,23). The van der Waals surface area contributed by atoms with Gasteiger partial charge in [0.05, 0.1) is 27.4 Å². The molecule has 0 saturated carbocycles. The number of nitrogens with one attached hydrogen (secondary N) is 1. The van der Waals surface area contributed by atoms with Crippen LogP contribution in [-0.2, 0) is 13.1 Å². The molecule has 0 aliphatic heterocycles. The zero-order chi connectivity index (χ0) is 18.9. The summed E-state index contributed by atoms with van der Waals surface area (Å²) in [5.74, 6) is 1.41. The molecule has 0 atom stereocenters. The van der Waals surface area contributed by atoms with E-state index in [4.69, 9.17) is 19.9 Å². The molecule has 0 bridgehead atoms. The van der Waals surface area contributed by atoms with Crippen LogP contribution in [0.1, 0.15) is 18.1 Å². The fourth-order valence-electron chi connectivity index (χ4n) is 2.33. The van der Waals surface area contributed by atoms with Crippen LogP contribution in [0.2, 0.25) is 0 Å². The van der Waals surface area contributed by atoms with E-state index in [0.29, 0.717) is 30.2 Å². The number of nitrogens with zero attached hydrogens (tertiary/aromatic N) is 1. The largest absolute Gasteiger partial charge is 0.493 e. The first-order chi connectivity index (χ1) is 12.6. The zero-order valence-corrected chi connectivity index (χ0v) is 15.2. The van der Waals surface area contributed by atoms with E-state index in [0.717, 1.165) is 5.56 Å². The highest BCUT2D eigenvalue weighted by atomic mass is 19.1. The lowest BCUT2D eigenvalue weighted by Gasteiger charge is -2.11. The summed E-state index contributed by atoms with van der Waals surface area (Å²) in [5, 5.41) is 3.02. The van der Waals surface area contributed by atoms with Crippen LogP contribution in [0.5, 0.6) is 17.2 Å². The molecule has 0 aliphatic rings. The Kier molecular flexibility index (Phi) is 7.08. The van der Waals surface area contributed by atoms with Crippen molar-refractivity contribution in [2.24, 2.45) is 10.7 Å². The summed E-state index contributed by atoms with van der Waals surface area (Å²) in [5.41, 5.74) is 7.55. The fourth-order valence-corrected chi connectivity index (χ4v) is 2.33. The van der Waals surface area contributed by atoms with Crippen LogP contribution in [0, 0.1) is 5.82 Å². The van der Waals surface area contributed by atoms with Gasteiger partial charge in [-0.1, -0.05) is 12.1 Å². The van der Waals surface area contributed by atoms with Crippen LogP contribution in [-0.4, -0.2) is 26.8 Å². The summed E-state index contributed by atoms with van der Waals surface area (Å²) < 4.78 is 29.5. The Morgan fingerprint density at radius 3 is 2.38 bits per heavy atom. The highest BCUT2D eigenvalue weighted by Gasteiger charge is 2.06. The molecule has 7 heteroatoms. The monoisotopic (exact) mass is 361 g/mol. The molecule has 0 radical (unpaired) electrons. The van der Waals surface area contributed by atoms with Gasteiger partial charge in [-0.2, -0.15) is 0 Å². The first-order valence-electron chi connectivity index (χ1n) is 8.23. The molecule has 0 aromatic heterocycles. The van der Waals surface area contributed by atoms with Gasteiger partial charge in [-0.3, -0.25) is 0 Å². The Hall–Kier alpha value is -2.96. The van der Waals surface area contributed by atoms with Crippen LogP contribution in [0.3, 0.4) is 0 Å². The van der Waals surface area contributed by atoms with Crippen LogP contribution in [0.4, 0.5) is 4.39 Å². The second-order valence-electron chi connectivity index (χ2n) is 5.44. The van der Waals surface area contributed by atoms with E-state index in [1.807, 2.05) is 25.1 Å². The molecule has 140 valence electrons. The molecule has 0 saturated heterocycles. The number of rotatable bonds is 8. The zero-order valence-electron chi connectivity index (χ0n) is 15.2. The van der Waals surface area contributed by atoms with Crippen molar-refractivity contribution in [3.05, 3.63) is 53.3 Å². The van der Waals surface area contributed by atoms with Gasteiger partial charge in [0.1, 0.15) is 0 Å².